The molecule has 13 amide bonds. The van der Waals surface area contributed by atoms with E-state index in [9.17, 15) is 44.4 Å². The molecule has 16 atom stereocenters. The first-order chi connectivity index (χ1) is 64.2. The van der Waals surface area contributed by atoms with E-state index in [2.05, 4.69) is 69.1 Å². The van der Waals surface area contributed by atoms with E-state index in [0.29, 0.717) is 72.9 Å². The molecule has 1 saturated heterocycles. The Morgan fingerprint density at radius 3 is 1.19 bits per heavy atom. The van der Waals surface area contributed by atoms with Gasteiger partial charge in [-0.3, -0.25) is 62.3 Å². The molecule has 6 aromatic rings. The van der Waals surface area contributed by atoms with Crippen molar-refractivity contribution in [2.75, 3.05) is 51.3 Å². The molecule has 0 spiro atoms. The van der Waals surface area contributed by atoms with Crippen molar-refractivity contribution in [1.82, 2.24) is 74.0 Å². The molecule has 0 aromatic heterocycles. The summed E-state index contributed by atoms with van der Waals surface area (Å²) in [5.41, 5.74) is 33.5. The van der Waals surface area contributed by atoms with Gasteiger partial charge in [-0.2, -0.15) is 0 Å². The molecule has 730 valence electrons. The van der Waals surface area contributed by atoms with Crippen LogP contribution >= 0.6 is 21.6 Å². The number of nitrogens with two attached hydrogens (primary N) is 5. The van der Waals surface area contributed by atoms with Crippen LogP contribution < -0.4 is 97.8 Å². The standard InChI is InChI=1S/C95H135N19O18S2/c1-57(2)101-53-64-39-37-63(38-40-64)51-75-89(125)112-80(58(3)116)92(128)110-76(50-62-29-13-8-14-30-62)90(126)113-81(59(4)117)93(129)111-78(54-115)94(130)114(5)79(91(127)104-71(35-19-23-45-98)83(119)103-70(34-18-22-44-97)84(120)105-72(95(131)132)36-20-24-46-99)56-134-133-55-68(100)82(118)102-69(33-17-21-43-96)85(121)106-73(48-60-25-9-6-10-26-60)86(122)107-74(49-61-27-11-7-12-28-61)87(123)109-77(88(124)108-75)52-65-41-42-66-31-15-16-32-67(66)47-65/h6-16,25-32,37-42,47,57-59,68-81,101,115-117H,17-24,33-36,43-46,48-56,96-100H2,1-5H3,(H,102,118)(H,103,119)(H,104,127)(H,105,120)(H,106,121)(H,107,122)(H,108,124)(H,109,123)(H,110,128)(H,111,129)(H,112,125)(H,113,126)(H,131,132)/t58-,59-,68+,69+,70+,71+,72+,73+,74+,75+,76+,77-,78+,79+,80-,81+/m1/s1. The van der Waals surface area contributed by atoms with E-state index in [1.54, 1.807) is 109 Å². The predicted molar refractivity (Wildman–Crippen MR) is 513 cm³/mol. The molecule has 1 fully saturated rings. The number of benzene rings is 6. The number of nitrogens with one attached hydrogen (secondary N) is 13. The number of rotatable bonds is 39. The van der Waals surface area contributed by atoms with Crippen LogP contribution in [0.4, 0.5) is 0 Å². The van der Waals surface area contributed by atoms with E-state index >= 15 is 43.2 Å². The van der Waals surface area contributed by atoms with Gasteiger partial charge in [0.05, 0.1) is 24.9 Å². The lowest BCUT2D eigenvalue weighted by Gasteiger charge is -2.32. The lowest BCUT2D eigenvalue weighted by molar-refractivity contribution is -0.143. The summed E-state index contributed by atoms with van der Waals surface area (Å²) in [6.45, 7) is 6.33. The molecule has 0 radical (unpaired) electrons. The van der Waals surface area contributed by atoms with E-state index in [1.165, 1.54) is 6.92 Å². The number of fused-ring (bicyclic) bond motifs is 1. The van der Waals surface area contributed by atoms with Crippen LogP contribution in [0.3, 0.4) is 0 Å². The van der Waals surface area contributed by atoms with Gasteiger partial charge in [0.1, 0.15) is 78.5 Å². The molecule has 6 aromatic carbocycles. The number of hydrogen-bond acceptors (Lipinski definition) is 25. The van der Waals surface area contributed by atoms with Gasteiger partial charge in [-0.25, -0.2) is 4.79 Å². The van der Waals surface area contributed by atoms with E-state index in [4.69, 9.17) is 28.7 Å². The van der Waals surface area contributed by atoms with Gasteiger partial charge in [-0.1, -0.05) is 193 Å². The monoisotopic (exact) mass is 1890 g/mol. The lowest BCUT2D eigenvalue weighted by atomic mass is 9.98. The Balaban J connectivity index is 1.34. The average molecular weight is 1900 g/mol. The molecule has 1 aliphatic rings. The molecule has 0 saturated carbocycles. The number of unbranched alkanes of at least 4 members (excludes halogenated alkanes) is 4. The van der Waals surface area contributed by atoms with Crippen molar-refractivity contribution in [3.8, 4) is 0 Å². The van der Waals surface area contributed by atoms with Gasteiger partial charge in [-0.05, 0) is 161 Å². The van der Waals surface area contributed by atoms with Gasteiger partial charge in [0.25, 0.3) is 0 Å². The SMILES string of the molecule is CC(C)NCc1ccc(C[C@@H]2NC(=O)[C@@H](Cc3ccc4ccccc4c3)NC(=O)[C@H](Cc3ccccc3)NC(=O)[C@H](Cc3ccccc3)NC(=O)[C@H](CCCCN)NC(=O)[C@@H](N)CSSC[C@@H](C(=O)N[C@@H](CCCCN)C(=O)N[C@@H](CCCCN)C(=O)N[C@@H](CCCCN)C(=O)O)N(C)C(=O)[C@H](CO)NC(=O)[C@H]([C@@H](C)O)NC(=O)[C@H](Cc3ccccc3)NC(=O)[C@@H]([C@@H](C)O)NC2=O)cc1. The summed E-state index contributed by atoms with van der Waals surface area (Å²) in [6, 6.07) is 22.8. The maximum Gasteiger partial charge on any atom is 0.326 e. The van der Waals surface area contributed by atoms with Crippen molar-refractivity contribution < 1.29 is 87.5 Å². The first-order valence-electron chi connectivity index (χ1n) is 45.6. The predicted octanol–water partition coefficient (Wildman–Crippen LogP) is -0.428. The zero-order chi connectivity index (χ0) is 97.8. The van der Waals surface area contributed by atoms with Crippen LogP contribution in [0.5, 0.6) is 0 Å². The van der Waals surface area contributed by atoms with Crippen LogP contribution in [0.15, 0.2) is 158 Å². The maximum absolute atomic E-state index is 15.7. The minimum atomic E-state index is -2.02. The van der Waals surface area contributed by atoms with E-state index < -0.39 is 192 Å². The molecule has 37 nitrogen and oxygen atoms in total. The van der Waals surface area contributed by atoms with Crippen molar-refractivity contribution >= 4 is 115 Å². The summed E-state index contributed by atoms with van der Waals surface area (Å²) < 4.78 is 0. The second kappa shape index (κ2) is 57.9. The fourth-order valence-corrected chi connectivity index (χ4v) is 17.3. The molecular formula is C95H135N19O18S2. The maximum atomic E-state index is 15.7. The lowest BCUT2D eigenvalue weighted by Crippen LogP contribution is -2.64. The Labute approximate surface area is 789 Å². The summed E-state index contributed by atoms with van der Waals surface area (Å²) in [5.74, 6) is -15.0. The fourth-order valence-electron chi connectivity index (χ4n) is 14.9. The summed E-state index contributed by atoms with van der Waals surface area (Å²) in [5, 5.41) is 81.4. The third kappa shape index (κ3) is 36.7. The number of likely N-dealkylation sites (N-methyl/N-ethyl adjacent to an activating group) is 1. The smallest absolute Gasteiger partial charge is 0.326 e. The number of carbonyl (C=O) groups is 14. The molecule has 1 heterocycles. The van der Waals surface area contributed by atoms with Gasteiger partial charge in [0, 0.05) is 63.2 Å². The highest BCUT2D eigenvalue weighted by molar-refractivity contribution is 8.76. The Morgan fingerprint density at radius 2 is 0.754 bits per heavy atom. The minimum absolute atomic E-state index is 0.0151. The first-order valence-corrected chi connectivity index (χ1v) is 48.1. The number of carboxylic acid groups (broad SMARTS) is 1. The number of aliphatic carboxylic acids is 1. The van der Waals surface area contributed by atoms with Crippen LogP contribution in [-0.2, 0) is 106 Å². The van der Waals surface area contributed by atoms with Crippen molar-refractivity contribution in [2.24, 2.45) is 28.7 Å². The van der Waals surface area contributed by atoms with Crippen LogP contribution in [0.2, 0.25) is 0 Å². The Morgan fingerprint density at radius 1 is 0.403 bits per heavy atom. The fraction of sp³-hybridized carbons (Fsp3) is 0.495. The number of aliphatic hydroxyl groups is 3. The topological polar surface area (TPSA) is 610 Å². The second-order valence-electron chi connectivity index (χ2n) is 33.9. The third-order valence-corrected chi connectivity index (χ3v) is 25.1. The molecule has 0 bridgehead atoms. The Kier molecular flexibility index (Phi) is 47.4. The van der Waals surface area contributed by atoms with Crippen molar-refractivity contribution in [2.45, 2.75) is 246 Å². The summed E-state index contributed by atoms with van der Waals surface area (Å²) in [7, 11) is 2.96. The van der Waals surface area contributed by atoms with Gasteiger partial charge in [0.15, 0.2) is 0 Å². The Hall–Kier alpha value is -11.5. The van der Waals surface area contributed by atoms with Crippen LogP contribution in [0, 0.1) is 0 Å². The molecule has 27 N–H and O–H groups in total. The van der Waals surface area contributed by atoms with E-state index in [-0.39, 0.29) is 109 Å². The molecular weight excluding hydrogens is 1760 g/mol. The largest absolute Gasteiger partial charge is 0.480 e. The van der Waals surface area contributed by atoms with Crippen LogP contribution in [0.25, 0.3) is 10.8 Å². The molecule has 39 heteroatoms. The molecule has 134 heavy (non-hydrogen) atoms. The summed E-state index contributed by atoms with van der Waals surface area (Å²) in [6.07, 6.45) is -2.27. The highest BCUT2D eigenvalue weighted by Crippen LogP contribution is 2.26. The van der Waals surface area contributed by atoms with Gasteiger partial charge >= 0.3 is 5.97 Å². The van der Waals surface area contributed by atoms with Crippen LogP contribution in [-0.4, -0.2) is 262 Å². The molecule has 0 unspecified atom stereocenters. The number of hydrogen-bond donors (Lipinski definition) is 22. The van der Waals surface area contributed by atoms with Crippen molar-refractivity contribution in [1.29, 1.82) is 0 Å². The number of nitrogens with zero attached hydrogens (tertiary/aromatic N) is 1. The quantitative estimate of drug-likeness (QED) is 0.0172. The van der Waals surface area contributed by atoms with E-state index in [0.717, 1.165) is 56.8 Å². The second-order valence-corrected chi connectivity index (χ2v) is 36.4. The average Bonchev–Trinajstić information content (AvgIpc) is 0.907. The molecule has 0 aliphatic carbocycles. The minimum Gasteiger partial charge on any atom is -0.480 e. The van der Waals surface area contributed by atoms with Gasteiger partial charge in [0.2, 0.25) is 76.8 Å². The number of carbonyl (C=O) groups excluding carboxylic acids is 13. The first kappa shape index (κ1) is 110. The highest BCUT2D eigenvalue weighted by Gasteiger charge is 2.41. The normalized spacial score (nSPS) is 21.8. The van der Waals surface area contributed by atoms with Crippen molar-refractivity contribution in [3.05, 3.63) is 191 Å². The van der Waals surface area contributed by atoms with Crippen molar-refractivity contribution in [3.63, 3.8) is 0 Å². The summed E-state index contributed by atoms with van der Waals surface area (Å²) >= 11 is 0. The molecule has 1 aliphatic heterocycles. The molecule has 7 rings (SSSR count). The summed E-state index contributed by atoms with van der Waals surface area (Å²) in [4.78, 5) is 209. The number of amides is 13. The highest BCUT2D eigenvalue weighted by atomic mass is 33.1. The third-order valence-electron chi connectivity index (χ3n) is 22.7. The Bertz CT molecular complexity index is 4780. The number of aliphatic hydroxyl groups excluding tert-OH is 3. The van der Waals surface area contributed by atoms with E-state index in [1.807, 2.05) is 62.4 Å². The van der Waals surface area contributed by atoms with Gasteiger partial charge in [-0.15, -0.1) is 0 Å². The number of carboxylic acids is 1. The zero-order valence-electron chi connectivity index (χ0n) is 76.7. The van der Waals surface area contributed by atoms with Crippen LogP contribution in [0.1, 0.15) is 138 Å². The van der Waals surface area contributed by atoms with Gasteiger partial charge < -0.3 is 123 Å². The zero-order valence-corrected chi connectivity index (χ0v) is 78.3.